The summed E-state index contributed by atoms with van der Waals surface area (Å²) in [6, 6.07) is 20.6. The average Bonchev–Trinajstić information content (AvgIpc) is 3.18. The highest BCUT2D eigenvalue weighted by molar-refractivity contribution is 8.00. The lowest BCUT2D eigenvalue weighted by Gasteiger charge is -2.16. The Morgan fingerprint density at radius 1 is 1.00 bits per heavy atom. The lowest BCUT2D eigenvalue weighted by Crippen LogP contribution is -2.03. The van der Waals surface area contributed by atoms with Crippen molar-refractivity contribution in [3.05, 3.63) is 81.4 Å². The van der Waals surface area contributed by atoms with Gasteiger partial charge in [-0.25, -0.2) is 0 Å². The standard InChI is InChI=1S/C25H20ClN3S/c1-14(2)15-3-5-17(6-4-15)23-21(13-28)24(29)20(12-27)19-11-22(30-25(19)23)16-7-9-18(26)10-8-16/h3-10,14,22H,11,29H2,1-2H3. The maximum atomic E-state index is 9.90. The smallest absolute Gasteiger partial charge is 0.102 e. The molecular weight excluding hydrogens is 410 g/mol. The molecule has 1 heterocycles. The van der Waals surface area contributed by atoms with Crippen LogP contribution in [0.25, 0.3) is 11.1 Å². The number of nitrogen functional groups attached to an aromatic ring is 1. The van der Waals surface area contributed by atoms with Gasteiger partial charge in [0.2, 0.25) is 0 Å². The zero-order valence-electron chi connectivity index (χ0n) is 16.7. The van der Waals surface area contributed by atoms with E-state index in [2.05, 4.69) is 38.1 Å². The number of fused-ring (bicyclic) bond motifs is 1. The number of halogens is 1. The van der Waals surface area contributed by atoms with Crippen LogP contribution in [0.3, 0.4) is 0 Å². The molecule has 0 aliphatic carbocycles. The van der Waals surface area contributed by atoms with Gasteiger partial charge in [-0.05, 0) is 46.7 Å². The summed E-state index contributed by atoms with van der Waals surface area (Å²) in [5.74, 6) is 0.426. The van der Waals surface area contributed by atoms with Crippen molar-refractivity contribution in [3.63, 3.8) is 0 Å². The van der Waals surface area contributed by atoms with E-state index in [0.717, 1.165) is 27.1 Å². The number of benzene rings is 3. The van der Waals surface area contributed by atoms with Crippen LogP contribution < -0.4 is 5.73 Å². The fraction of sp³-hybridized carbons (Fsp3) is 0.200. The summed E-state index contributed by atoms with van der Waals surface area (Å²) in [5.41, 5.74) is 12.5. The molecule has 0 saturated carbocycles. The Bertz CT molecular complexity index is 1200. The molecule has 0 spiro atoms. The van der Waals surface area contributed by atoms with Crippen molar-refractivity contribution in [1.29, 1.82) is 10.5 Å². The molecule has 0 radical (unpaired) electrons. The molecule has 1 unspecified atom stereocenters. The van der Waals surface area contributed by atoms with Gasteiger partial charge in [0.05, 0.1) is 16.8 Å². The third kappa shape index (κ3) is 3.43. The number of nitriles is 2. The Labute approximate surface area is 186 Å². The monoisotopic (exact) mass is 429 g/mol. The number of thioether (sulfide) groups is 1. The SMILES string of the molecule is CC(C)c1ccc(-c2c(C#N)c(N)c(C#N)c3c2SC(c2ccc(Cl)cc2)C3)cc1. The van der Waals surface area contributed by atoms with Gasteiger partial charge in [0, 0.05) is 20.7 Å². The van der Waals surface area contributed by atoms with E-state index >= 15 is 0 Å². The average molecular weight is 430 g/mol. The van der Waals surface area contributed by atoms with Gasteiger partial charge in [0.25, 0.3) is 0 Å². The van der Waals surface area contributed by atoms with Gasteiger partial charge >= 0.3 is 0 Å². The van der Waals surface area contributed by atoms with Gasteiger partial charge in [-0.1, -0.05) is 61.8 Å². The molecule has 3 nitrogen and oxygen atoms in total. The van der Waals surface area contributed by atoms with E-state index in [4.69, 9.17) is 17.3 Å². The molecule has 30 heavy (non-hydrogen) atoms. The van der Waals surface area contributed by atoms with E-state index in [1.54, 1.807) is 11.8 Å². The van der Waals surface area contributed by atoms with Crippen molar-refractivity contribution in [3.8, 4) is 23.3 Å². The molecule has 5 heteroatoms. The van der Waals surface area contributed by atoms with E-state index in [-0.39, 0.29) is 10.9 Å². The minimum atomic E-state index is 0.145. The molecule has 0 bridgehead atoms. The van der Waals surface area contributed by atoms with Crippen molar-refractivity contribution in [2.75, 3.05) is 5.73 Å². The first-order chi connectivity index (χ1) is 14.4. The molecule has 148 valence electrons. The number of nitrogens with zero attached hydrogens (tertiary/aromatic N) is 2. The fourth-order valence-corrected chi connectivity index (χ4v) is 5.53. The van der Waals surface area contributed by atoms with E-state index in [1.807, 2.05) is 36.4 Å². The first-order valence-electron chi connectivity index (χ1n) is 9.75. The molecule has 3 aromatic carbocycles. The lowest BCUT2D eigenvalue weighted by molar-refractivity contribution is 0.867. The third-order valence-electron chi connectivity index (χ3n) is 5.57. The molecule has 0 saturated heterocycles. The minimum absolute atomic E-state index is 0.145. The molecule has 0 amide bonds. The fourth-order valence-electron chi connectivity index (χ4n) is 3.91. The topological polar surface area (TPSA) is 73.6 Å². The molecule has 3 aromatic rings. The van der Waals surface area contributed by atoms with Gasteiger partial charge < -0.3 is 5.73 Å². The molecule has 0 aromatic heterocycles. The molecule has 0 fully saturated rings. The van der Waals surface area contributed by atoms with Crippen LogP contribution >= 0.6 is 23.4 Å². The Morgan fingerprint density at radius 3 is 2.20 bits per heavy atom. The summed E-state index contributed by atoms with van der Waals surface area (Å²) >= 11 is 7.75. The summed E-state index contributed by atoms with van der Waals surface area (Å²) in [6.45, 7) is 4.30. The Kier molecular flexibility index (Phi) is 5.48. The van der Waals surface area contributed by atoms with Crippen LogP contribution in [0.4, 0.5) is 5.69 Å². The predicted octanol–water partition coefficient (Wildman–Crippen LogP) is 6.85. The zero-order valence-corrected chi connectivity index (χ0v) is 18.3. The van der Waals surface area contributed by atoms with Crippen LogP contribution in [0.1, 0.15) is 52.8 Å². The van der Waals surface area contributed by atoms with Crippen molar-refractivity contribution in [2.24, 2.45) is 0 Å². The number of nitrogens with two attached hydrogens (primary N) is 1. The first-order valence-corrected chi connectivity index (χ1v) is 11.0. The summed E-state index contributed by atoms with van der Waals surface area (Å²) in [5, 5.41) is 20.5. The van der Waals surface area contributed by atoms with Crippen molar-refractivity contribution in [2.45, 2.75) is 36.3 Å². The maximum Gasteiger partial charge on any atom is 0.102 e. The van der Waals surface area contributed by atoms with Crippen LogP contribution in [0.5, 0.6) is 0 Å². The lowest BCUT2D eigenvalue weighted by atomic mass is 9.89. The normalized spacial score (nSPS) is 14.9. The molecule has 4 rings (SSSR count). The van der Waals surface area contributed by atoms with Crippen LogP contribution in [0.2, 0.25) is 5.02 Å². The van der Waals surface area contributed by atoms with Gasteiger partial charge in [0.1, 0.15) is 12.1 Å². The minimum Gasteiger partial charge on any atom is -0.397 e. The predicted molar refractivity (Wildman–Crippen MR) is 124 cm³/mol. The van der Waals surface area contributed by atoms with Crippen LogP contribution in [0.15, 0.2) is 53.4 Å². The highest BCUT2D eigenvalue weighted by Crippen LogP contribution is 2.54. The highest BCUT2D eigenvalue weighted by Gasteiger charge is 2.33. The van der Waals surface area contributed by atoms with E-state index in [0.29, 0.717) is 28.5 Å². The summed E-state index contributed by atoms with van der Waals surface area (Å²) in [7, 11) is 0. The summed E-state index contributed by atoms with van der Waals surface area (Å²) in [6.07, 6.45) is 0.692. The second kappa shape index (κ2) is 8.07. The van der Waals surface area contributed by atoms with Gasteiger partial charge in [-0.15, -0.1) is 11.8 Å². The quantitative estimate of drug-likeness (QED) is 0.462. The summed E-state index contributed by atoms with van der Waals surface area (Å²) < 4.78 is 0. The largest absolute Gasteiger partial charge is 0.397 e. The van der Waals surface area contributed by atoms with Gasteiger partial charge in [-0.3, -0.25) is 0 Å². The molecule has 2 N–H and O–H groups in total. The Morgan fingerprint density at radius 2 is 1.63 bits per heavy atom. The van der Waals surface area contributed by atoms with Gasteiger partial charge in [-0.2, -0.15) is 10.5 Å². The molecule has 1 aliphatic heterocycles. The highest BCUT2D eigenvalue weighted by atomic mass is 35.5. The van der Waals surface area contributed by atoms with E-state index < -0.39 is 0 Å². The Balaban J connectivity index is 1.89. The molecule has 1 atom stereocenters. The number of rotatable bonds is 3. The number of hydrogen-bond donors (Lipinski definition) is 1. The van der Waals surface area contributed by atoms with Crippen molar-refractivity contribution < 1.29 is 0 Å². The second-order valence-corrected chi connectivity index (χ2v) is 9.36. The van der Waals surface area contributed by atoms with Gasteiger partial charge in [0.15, 0.2) is 0 Å². The van der Waals surface area contributed by atoms with Crippen molar-refractivity contribution >= 4 is 29.1 Å². The van der Waals surface area contributed by atoms with Crippen LogP contribution in [-0.4, -0.2) is 0 Å². The molecular formula is C25H20ClN3S. The third-order valence-corrected chi connectivity index (χ3v) is 7.23. The summed E-state index contributed by atoms with van der Waals surface area (Å²) in [4.78, 5) is 0.981. The maximum absolute atomic E-state index is 9.90. The van der Waals surface area contributed by atoms with Crippen LogP contribution in [-0.2, 0) is 6.42 Å². The second-order valence-electron chi connectivity index (χ2n) is 7.71. The van der Waals surface area contributed by atoms with E-state index in [9.17, 15) is 10.5 Å². The molecule has 1 aliphatic rings. The first kappa shape index (κ1) is 20.4. The van der Waals surface area contributed by atoms with Crippen molar-refractivity contribution in [1.82, 2.24) is 0 Å². The Hall–Kier alpha value is -2.92. The number of anilines is 1. The van der Waals surface area contributed by atoms with E-state index in [1.165, 1.54) is 5.56 Å². The number of hydrogen-bond acceptors (Lipinski definition) is 4. The zero-order chi connectivity index (χ0) is 21.4. The van der Waals surface area contributed by atoms with Crippen LogP contribution in [0, 0.1) is 22.7 Å².